The third-order valence-electron chi connectivity index (χ3n) is 3.87. The van der Waals surface area contributed by atoms with E-state index in [-0.39, 0.29) is 29.2 Å². The number of benzene rings is 2. The first-order valence-electron chi connectivity index (χ1n) is 7.61. The summed E-state index contributed by atoms with van der Waals surface area (Å²) in [4.78, 5) is 24.4. The maximum Gasteiger partial charge on any atom is 0.170 e. The van der Waals surface area contributed by atoms with E-state index in [4.69, 9.17) is 0 Å². The first-order chi connectivity index (χ1) is 10.7. The first kappa shape index (κ1) is 17.1. The van der Waals surface area contributed by atoms with Crippen molar-refractivity contribution in [3.63, 3.8) is 0 Å². The van der Waals surface area contributed by atoms with Crippen molar-refractivity contribution in [1.29, 1.82) is 0 Å². The van der Waals surface area contributed by atoms with Gasteiger partial charge in [-0.1, -0.05) is 45.0 Å². The summed E-state index contributed by atoms with van der Waals surface area (Å²) in [5, 5.41) is 0. The fourth-order valence-corrected chi connectivity index (χ4v) is 2.32. The molecule has 0 aromatic heterocycles. The predicted octanol–water partition coefficient (Wildman–Crippen LogP) is 4.89. The zero-order chi connectivity index (χ0) is 17.2. The van der Waals surface area contributed by atoms with Crippen molar-refractivity contribution in [3.05, 3.63) is 70.5 Å². The molecule has 0 radical (unpaired) electrons. The molecule has 0 aliphatic carbocycles. The van der Waals surface area contributed by atoms with Gasteiger partial charge in [0.05, 0.1) is 6.42 Å². The number of aryl methyl sites for hydroxylation is 1. The normalized spacial score (nSPS) is 11.3. The van der Waals surface area contributed by atoms with Crippen LogP contribution < -0.4 is 0 Å². The molecule has 0 amide bonds. The second-order valence-corrected chi connectivity index (χ2v) is 6.81. The maximum absolute atomic E-state index is 13.2. The van der Waals surface area contributed by atoms with E-state index in [0.717, 1.165) is 5.56 Å². The summed E-state index contributed by atoms with van der Waals surface area (Å²) in [5.41, 5.74) is 2.43. The average Bonchev–Trinajstić information content (AvgIpc) is 2.49. The van der Waals surface area contributed by atoms with E-state index in [2.05, 4.69) is 20.8 Å². The lowest BCUT2D eigenvalue weighted by atomic mass is 9.86. The Morgan fingerprint density at radius 2 is 1.43 bits per heavy atom. The summed E-state index contributed by atoms with van der Waals surface area (Å²) in [6.45, 7) is 7.90. The van der Waals surface area contributed by atoms with Gasteiger partial charge in [0, 0.05) is 11.1 Å². The van der Waals surface area contributed by atoms with E-state index in [1.54, 1.807) is 19.1 Å². The molecule has 2 rings (SSSR count). The Kier molecular flexibility index (Phi) is 4.79. The van der Waals surface area contributed by atoms with Crippen LogP contribution in [0.4, 0.5) is 4.39 Å². The summed E-state index contributed by atoms with van der Waals surface area (Å²) in [5.74, 6) is -0.874. The van der Waals surface area contributed by atoms with Crippen LogP contribution in [0.1, 0.15) is 59.0 Å². The Hall–Kier alpha value is -2.29. The van der Waals surface area contributed by atoms with Crippen LogP contribution in [0, 0.1) is 12.7 Å². The van der Waals surface area contributed by atoms with Crippen molar-refractivity contribution in [2.24, 2.45) is 0 Å². The van der Waals surface area contributed by atoms with E-state index in [1.165, 1.54) is 18.2 Å². The molecule has 0 saturated heterocycles. The molecule has 0 saturated carbocycles. The zero-order valence-corrected chi connectivity index (χ0v) is 13.9. The van der Waals surface area contributed by atoms with Crippen LogP contribution in [-0.2, 0) is 5.41 Å². The van der Waals surface area contributed by atoms with E-state index < -0.39 is 0 Å². The second-order valence-electron chi connectivity index (χ2n) is 6.81. The molecule has 23 heavy (non-hydrogen) atoms. The minimum absolute atomic E-state index is 0.0169. The number of halogens is 1. The molecular formula is C20H21FO2. The van der Waals surface area contributed by atoms with E-state index in [0.29, 0.717) is 16.7 Å². The minimum Gasteiger partial charge on any atom is -0.294 e. The predicted molar refractivity (Wildman–Crippen MR) is 89.6 cm³/mol. The van der Waals surface area contributed by atoms with Crippen LogP contribution in [0.5, 0.6) is 0 Å². The number of hydrogen-bond donors (Lipinski definition) is 0. The number of Topliss-reactive ketones (excluding diaryl/α,β-unsaturated/α-hetero) is 2. The van der Waals surface area contributed by atoms with Crippen molar-refractivity contribution in [2.45, 2.75) is 39.5 Å². The van der Waals surface area contributed by atoms with Crippen LogP contribution in [0.15, 0.2) is 42.5 Å². The Balaban J connectivity index is 2.12. The Bertz CT molecular complexity index is 737. The fourth-order valence-electron chi connectivity index (χ4n) is 2.32. The maximum atomic E-state index is 13.2. The molecule has 0 bridgehead atoms. The zero-order valence-electron chi connectivity index (χ0n) is 13.9. The lowest BCUT2D eigenvalue weighted by molar-refractivity contribution is 0.0894. The van der Waals surface area contributed by atoms with Crippen molar-refractivity contribution in [1.82, 2.24) is 0 Å². The van der Waals surface area contributed by atoms with Crippen LogP contribution >= 0.6 is 0 Å². The molecule has 2 aromatic carbocycles. The molecular weight excluding hydrogens is 291 g/mol. The Labute approximate surface area is 136 Å². The molecule has 3 heteroatoms. The van der Waals surface area contributed by atoms with Gasteiger partial charge >= 0.3 is 0 Å². The molecule has 2 nitrogen and oxygen atoms in total. The molecule has 0 aliphatic heterocycles. The third-order valence-corrected chi connectivity index (χ3v) is 3.87. The number of hydrogen-bond acceptors (Lipinski definition) is 2. The molecule has 0 heterocycles. The number of ketones is 2. The summed E-state index contributed by atoms with van der Waals surface area (Å²) < 4.78 is 13.2. The first-order valence-corrected chi connectivity index (χ1v) is 7.61. The largest absolute Gasteiger partial charge is 0.294 e. The molecule has 0 atom stereocenters. The van der Waals surface area contributed by atoms with Gasteiger partial charge in [0.25, 0.3) is 0 Å². The van der Waals surface area contributed by atoms with Crippen molar-refractivity contribution >= 4 is 11.6 Å². The second kappa shape index (κ2) is 6.45. The number of rotatable bonds is 4. The lowest BCUT2D eigenvalue weighted by Gasteiger charge is -2.18. The van der Waals surface area contributed by atoms with Gasteiger partial charge in [-0.2, -0.15) is 0 Å². The topological polar surface area (TPSA) is 34.1 Å². The SMILES string of the molecule is Cc1cc(C(=O)CC(=O)c2ccc(C(C)(C)C)cc2)ccc1F. The molecule has 0 spiro atoms. The summed E-state index contributed by atoms with van der Waals surface area (Å²) in [6.07, 6.45) is -0.208. The number of carbonyl (C=O) groups is 2. The summed E-state index contributed by atoms with van der Waals surface area (Å²) in [6, 6.07) is 11.5. The third kappa shape index (κ3) is 4.13. The smallest absolute Gasteiger partial charge is 0.170 e. The van der Waals surface area contributed by atoms with Gasteiger partial charge in [-0.05, 0) is 41.7 Å². The van der Waals surface area contributed by atoms with Crippen molar-refractivity contribution in [2.75, 3.05) is 0 Å². The van der Waals surface area contributed by atoms with E-state index in [1.807, 2.05) is 12.1 Å². The van der Waals surface area contributed by atoms with Gasteiger partial charge < -0.3 is 0 Å². The highest BCUT2D eigenvalue weighted by molar-refractivity contribution is 6.13. The minimum atomic E-state index is -0.356. The Morgan fingerprint density at radius 3 is 1.96 bits per heavy atom. The van der Waals surface area contributed by atoms with E-state index in [9.17, 15) is 14.0 Å². The average molecular weight is 312 g/mol. The molecule has 0 fully saturated rings. The van der Waals surface area contributed by atoms with Gasteiger partial charge in [-0.15, -0.1) is 0 Å². The molecule has 0 unspecified atom stereocenters. The van der Waals surface area contributed by atoms with Gasteiger partial charge in [-0.25, -0.2) is 4.39 Å². The highest BCUT2D eigenvalue weighted by Gasteiger charge is 2.17. The van der Waals surface area contributed by atoms with Gasteiger partial charge in [-0.3, -0.25) is 9.59 Å². The highest BCUT2D eigenvalue weighted by Crippen LogP contribution is 2.22. The molecule has 0 aliphatic rings. The quantitative estimate of drug-likeness (QED) is 0.595. The molecule has 0 N–H and O–H groups in total. The van der Waals surface area contributed by atoms with Gasteiger partial charge in [0.2, 0.25) is 0 Å². The van der Waals surface area contributed by atoms with Gasteiger partial charge in [0.1, 0.15) is 5.82 Å². The van der Waals surface area contributed by atoms with E-state index >= 15 is 0 Å². The highest BCUT2D eigenvalue weighted by atomic mass is 19.1. The van der Waals surface area contributed by atoms with Crippen LogP contribution in [0.3, 0.4) is 0 Å². The molecule has 2 aromatic rings. The van der Waals surface area contributed by atoms with Crippen LogP contribution in [0.2, 0.25) is 0 Å². The van der Waals surface area contributed by atoms with Crippen LogP contribution in [0.25, 0.3) is 0 Å². The Morgan fingerprint density at radius 1 is 0.913 bits per heavy atom. The standard InChI is InChI=1S/C20H21FO2/c1-13-11-15(7-10-17(13)21)19(23)12-18(22)14-5-8-16(9-6-14)20(2,3)4/h5-11H,12H2,1-4H3. The van der Waals surface area contributed by atoms with Crippen molar-refractivity contribution in [3.8, 4) is 0 Å². The monoisotopic (exact) mass is 312 g/mol. The molecule has 120 valence electrons. The summed E-state index contributed by atoms with van der Waals surface area (Å²) in [7, 11) is 0. The van der Waals surface area contributed by atoms with Gasteiger partial charge in [0.15, 0.2) is 11.6 Å². The number of carbonyl (C=O) groups excluding carboxylic acids is 2. The fraction of sp³-hybridized carbons (Fsp3) is 0.300. The summed E-state index contributed by atoms with van der Waals surface area (Å²) >= 11 is 0. The van der Waals surface area contributed by atoms with Crippen molar-refractivity contribution < 1.29 is 14.0 Å². The lowest BCUT2D eigenvalue weighted by Crippen LogP contribution is -2.12. The van der Waals surface area contributed by atoms with Crippen LogP contribution in [-0.4, -0.2) is 11.6 Å².